The van der Waals surface area contributed by atoms with Crippen molar-refractivity contribution in [3.8, 4) is 0 Å². The second kappa shape index (κ2) is 9.58. The van der Waals surface area contributed by atoms with E-state index in [9.17, 15) is 14.4 Å². The summed E-state index contributed by atoms with van der Waals surface area (Å²) in [5.74, 6) is -0.372. The lowest BCUT2D eigenvalue weighted by Crippen LogP contribution is -2.38. The smallest absolute Gasteiger partial charge is 0.340 e. The van der Waals surface area contributed by atoms with Crippen molar-refractivity contribution in [3.63, 3.8) is 0 Å². The highest BCUT2D eigenvalue weighted by atomic mass is 16.5. The monoisotopic (exact) mass is 452 g/mol. The van der Waals surface area contributed by atoms with E-state index in [0.717, 1.165) is 12.8 Å². The molecule has 3 aromatic rings. The largest absolute Gasteiger partial charge is 0.462 e. The van der Waals surface area contributed by atoms with E-state index in [1.165, 1.54) is 0 Å². The second-order valence-corrected chi connectivity index (χ2v) is 8.20. The van der Waals surface area contributed by atoms with Crippen LogP contribution in [0, 0.1) is 13.8 Å². The first-order valence-corrected chi connectivity index (χ1v) is 11.1. The Kier molecular flexibility index (Phi) is 6.60. The minimum Gasteiger partial charge on any atom is -0.462 e. The fourth-order valence-electron chi connectivity index (χ4n) is 4.28. The van der Waals surface area contributed by atoms with Gasteiger partial charge in [0.25, 0.3) is 11.5 Å². The average molecular weight is 453 g/mol. The summed E-state index contributed by atoms with van der Waals surface area (Å²) in [6, 6.07) is 7.08. The molecule has 1 fully saturated rings. The summed E-state index contributed by atoms with van der Waals surface area (Å²) in [7, 11) is 0. The van der Waals surface area contributed by atoms with Crippen LogP contribution in [-0.2, 0) is 16.0 Å². The van der Waals surface area contributed by atoms with Crippen LogP contribution in [0.15, 0.2) is 29.1 Å². The number of aromatic amines is 2. The number of nitrogens with zero attached hydrogens (tertiary/aromatic N) is 2. The molecule has 3 heterocycles. The molecular formula is C24H28N4O5. The summed E-state index contributed by atoms with van der Waals surface area (Å²) in [5.41, 5.74) is 2.11. The maximum absolute atomic E-state index is 13.6. The van der Waals surface area contributed by atoms with Gasteiger partial charge in [0.05, 0.1) is 35.7 Å². The number of aromatic nitrogens is 3. The van der Waals surface area contributed by atoms with Gasteiger partial charge in [0.1, 0.15) is 11.5 Å². The SMILES string of the molecule is CCOC(=O)c1c(C)[nH]c(C(=O)N(Cc2nc3ccccc3c(=O)[nH]2)CC2CCCO2)c1C. The number of carbonyl (C=O) groups is 2. The minimum atomic E-state index is -0.464. The second-order valence-electron chi connectivity index (χ2n) is 8.20. The summed E-state index contributed by atoms with van der Waals surface area (Å²) >= 11 is 0. The molecule has 33 heavy (non-hydrogen) atoms. The van der Waals surface area contributed by atoms with E-state index >= 15 is 0 Å². The fourth-order valence-corrected chi connectivity index (χ4v) is 4.28. The minimum absolute atomic E-state index is 0.0954. The molecule has 1 atom stereocenters. The normalized spacial score (nSPS) is 15.7. The highest BCUT2D eigenvalue weighted by molar-refractivity contribution is 6.00. The zero-order valence-corrected chi connectivity index (χ0v) is 19.1. The van der Waals surface area contributed by atoms with Crippen LogP contribution in [0.1, 0.15) is 57.7 Å². The van der Waals surface area contributed by atoms with E-state index in [4.69, 9.17) is 9.47 Å². The van der Waals surface area contributed by atoms with Crippen LogP contribution in [0.25, 0.3) is 10.9 Å². The number of carbonyl (C=O) groups excluding carboxylic acids is 2. The molecule has 0 aliphatic carbocycles. The van der Waals surface area contributed by atoms with E-state index in [2.05, 4.69) is 15.0 Å². The van der Waals surface area contributed by atoms with Crippen molar-refractivity contribution >= 4 is 22.8 Å². The van der Waals surface area contributed by atoms with Crippen molar-refractivity contribution in [1.29, 1.82) is 0 Å². The van der Waals surface area contributed by atoms with Crippen LogP contribution in [0.4, 0.5) is 0 Å². The van der Waals surface area contributed by atoms with E-state index in [-0.39, 0.29) is 30.7 Å². The van der Waals surface area contributed by atoms with Gasteiger partial charge in [0.2, 0.25) is 0 Å². The third-order valence-electron chi connectivity index (χ3n) is 5.87. The average Bonchev–Trinajstić information content (AvgIpc) is 3.40. The van der Waals surface area contributed by atoms with Gasteiger partial charge in [-0.15, -0.1) is 0 Å². The summed E-state index contributed by atoms with van der Waals surface area (Å²) in [6.07, 6.45) is 1.69. The third kappa shape index (κ3) is 4.68. The van der Waals surface area contributed by atoms with Crippen molar-refractivity contribution in [2.24, 2.45) is 0 Å². The molecule has 9 heteroatoms. The number of hydrogen-bond acceptors (Lipinski definition) is 6. The number of nitrogens with one attached hydrogen (secondary N) is 2. The van der Waals surface area contributed by atoms with Crippen molar-refractivity contribution in [1.82, 2.24) is 19.9 Å². The zero-order valence-electron chi connectivity index (χ0n) is 19.1. The molecule has 2 aromatic heterocycles. The van der Waals surface area contributed by atoms with Gasteiger partial charge in [-0.05, 0) is 51.3 Å². The molecule has 0 bridgehead atoms. The molecule has 4 rings (SSSR count). The lowest BCUT2D eigenvalue weighted by atomic mass is 10.1. The quantitative estimate of drug-likeness (QED) is 0.533. The van der Waals surface area contributed by atoms with Crippen LogP contribution in [-0.4, -0.2) is 57.6 Å². The Morgan fingerprint density at radius 3 is 2.76 bits per heavy atom. The Morgan fingerprint density at radius 1 is 1.24 bits per heavy atom. The van der Waals surface area contributed by atoms with Gasteiger partial charge in [-0.1, -0.05) is 12.1 Å². The zero-order chi connectivity index (χ0) is 23.5. The fraction of sp³-hybridized carbons (Fsp3) is 0.417. The highest BCUT2D eigenvalue weighted by Crippen LogP contribution is 2.23. The highest BCUT2D eigenvalue weighted by Gasteiger charge is 2.29. The van der Waals surface area contributed by atoms with Crippen LogP contribution in [0.5, 0.6) is 0 Å². The van der Waals surface area contributed by atoms with Gasteiger partial charge in [0.15, 0.2) is 0 Å². The molecule has 0 saturated carbocycles. The predicted molar refractivity (Wildman–Crippen MR) is 122 cm³/mol. The molecule has 1 aliphatic rings. The number of ether oxygens (including phenoxy) is 2. The Bertz CT molecular complexity index is 1240. The number of H-pyrrole nitrogens is 2. The number of fused-ring (bicyclic) bond motifs is 1. The maximum atomic E-state index is 13.6. The van der Waals surface area contributed by atoms with Gasteiger partial charge in [-0.2, -0.15) is 0 Å². The standard InChI is InChI=1S/C24H28N4O5/c1-4-32-24(31)20-14(2)21(25-15(20)3)23(30)28(12-16-8-7-11-33-16)13-19-26-18-10-6-5-9-17(18)22(29)27-19/h5-6,9-10,16,25H,4,7-8,11-13H2,1-3H3,(H,26,27,29). The van der Waals surface area contributed by atoms with E-state index in [0.29, 0.717) is 52.4 Å². The van der Waals surface area contributed by atoms with Crippen LogP contribution in [0.3, 0.4) is 0 Å². The Balaban J connectivity index is 1.68. The first-order chi connectivity index (χ1) is 15.9. The molecule has 0 radical (unpaired) electrons. The number of amides is 1. The lowest BCUT2D eigenvalue weighted by molar-refractivity contribution is 0.0496. The number of esters is 1. The number of hydrogen-bond donors (Lipinski definition) is 2. The predicted octanol–water partition coefficient (Wildman–Crippen LogP) is 2.87. The van der Waals surface area contributed by atoms with Crippen molar-refractivity contribution in [2.75, 3.05) is 19.8 Å². The molecule has 0 spiro atoms. The Morgan fingerprint density at radius 2 is 2.03 bits per heavy atom. The van der Waals surface area contributed by atoms with Gasteiger partial charge in [-0.25, -0.2) is 9.78 Å². The van der Waals surface area contributed by atoms with Gasteiger partial charge < -0.3 is 24.3 Å². The molecule has 1 unspecified atom stereocenters. The molecule has 9 nitrogen and oxygen atoms in total. The number of para-hydroxylation sites is 1. The first kappa shape index (κ1) is 22.7. The van der Waals surface area contributed by atoms with Crippen LogP contribution < -0.4 is 5.56 Å². The van der Waals surface area contributed by atoms with Crippen molar-refractivity contribution in [3.05, 3.63) is 63.0 Å². The molecule has 1 aliphatic heterocycles. The summed E-state index contributed by atoms with van der Waals surface area (Å²) in [6.45, 7) is 6.56. The van der Waals surface area contributed by atoms with Crippen molar-refractivity contribution in [2.45, 2.75) is 46.3 Å². The molecule has 1 amide bonds. The lowest BCUT2D eigenvalue weighted by Gasteiger charge is -2.25. The van der Waals surface area contributed by atoms with E-state index in [1.807, 2.05) is 6.07 Å². The molecule has 2 N–H and O–H groups in total. The topological polar surface area (TPSA) is 117 Å². The number of aryl methyl sites for hydroxylation is 1. The molecule has 174 valence electrons. The number of rotatable bonds is 7. The first-order valence-electron chi connectivity index (χ1n) is 11.1. The van der Waals surface area contributed by atoms with Crippen LogP contribution in [0.2, 0.25) is 0 Å². The third-order valence-corrected chi connectivity index (χ3v) is 5.87. The van der Waals surface area contributed by atoms with Crippen molar-refractivity contribution < 1.29 is 19.1 Å². The van der Waals surface area contributed by atoms with Gasteiger partial charge in [-0.3, -0.25) is 9.59 Å². The summed E-state index contributed by atoms with van der Waals surface area (Å²) < 4.78 is 10.9. The van der Waals surface area contributed by atoms with Gasteiger partial charge >= 0.3 is 5.97 Å². The Hall–Kier alpha value is -3.46. The van der Waals surface area contributed by atoms with Gasteiger partial charge in [0, 0.05) is 18.8 Å². The van der Waals surface area contributed by atoms with E-state index < -0.39 is 5.97 Å². The molecule has 1 aromatic carbocycles. The van der Waals surface area contributed by atoms with E-state index in [1.54, 1.807) is 43.9 Å². The molecular weight excluding hydrogens is 424 g/mol. The van der Waals surface area contributed by atoms with Crippen LogP contribution >= 0.6 is 0 Å². The summed E-state index contributed by atoms with van der Waals surface area (Å²) in [4.78, 5) is 50.5. The number of benzene rings is 1. The molecule has 1 saturated heterocycles. The Labute approximate surface area is 191 Å². The summed E-state index contributed by atoms with van der Waals surface area (Å²) in [5, 5.41) is 0.494. The maximum Gasteiger partial charge on any atom is 0.340 e.